The molecule has 0 amide bonds. The highest BCUT2D eigenvalue weighted by atomic mass is 16.5. The third-order valence-corrected chi connectivity index (χ3v) is 3.44. The number of likely N-dealkylation sites (N-methyl/N-ethyl adjacent to an activating group) is 1. The number of aliphatic hydroxyl groups excluding tert-OH is 1. The molecular formula is C14H30N2O2. The first kappa shape index (κ1) is 15.9. The van der Waals surface area contributed by atoms with Crippen molar-refractivity contribution in [2.24, 2.45) is 5.92 Å². The Kier molecular flexibility index (Phi) is 8.59. The lowest BCUT2D eigenvalue weighted by Gasteiger charge is -2.30. The van der Waals surface area contributed by atoms with Gasteiger partial charge in [0, 0.05) is 26.2 Å². The summed E-state index contributed by atoms with van der Waals surface area (Å²) in [6.07, 6.45) is 3.41. The van der Waals surface area contributed by atoms with Gasteiger partial charge >= 0.3 is 0 Å². The first-order valence-electron chi connectivity index (χ1n) is 7.41. The Morgan fingerprint density at radius 3 is 3.06 bits per heavy atom. The van der Waals surface area contributed by atoms with Crippen molar-refractivity contribution in [3.63, 3.8) is 0 Å². The van der Waals surface area contributed by atoms with Crippen LogP contribution in [0.3, 0.4) is 0 Å². The van der Waals surface area contributed by atoms with Gasteiger partial charge in [0.25, 0.3) is 0 Å². The van der Waals surface area contributed by atoms with Crippen LogP contribution in [0.25, 0.3) is 0 Å². The summed E-state index contributed by atoms with van der Waals surface area (Å²) in [4.78, 5) is 2.53. The van der Waals surface area contributed by atoms with E-state index in [0.717, 1.165) is 32.0 Å². The third-order valence-electron chi connectivity index (χ3n) is 3.44. The molecule has 1 aliphatic heterocycles. The molecular weight excluding hydrogens is 228 g/mol. The van der Waals surface area contributed by atoms with E-state index in [9.17, 15) is 5.11 Å². The predicted molar refractivity (Wildman–Crippen MR) is 74.8 cm³/mol. The fraction of sp³-hybridized carbons (Fsp3) is 1.00. The van der Waals surface area contributed by atoms with Crippen LogP contribution in [0.2, 0.25) is 0 Å². The van der Waals surface area contributed by atoms with Gasteiger partial charge < -0.3 is 20.1 Å². The van der Waals surface area contributed by atoms with Crippen LogP contribution < -0.4 is 5.32 Å². The molecule has 1 aliphatic rings. The van der Waals surface area contributed by atoms with Crippen molar-refractivity contribution in [1.82, 2.24) is 10.2 Å². The van der Waals surface area contributed by atoms with Gasteiger partial charge in [-0.15, -0.1) is 0 Å². The van der Waals surface area contributed by atoms with Gasteiger partial charge in [-0.25, -0.2) is 0 Å². The van der Waals surface area contributed by atoms with Crippen molar-refractivity contribution >= 4 is 0 Å². The minimum atomic E-state index is -0.375. The van der Waals surface area contributed by atoms with E-state index in [0.29, 0.717) is 13.2 Å². The Morgan fingerprint density at radius 2 is 2.33 bits per heavy atom. The van der Waals surface area contributed by atoms with Crippen molar-refractivity contribution in [1.29, 1.82) is 0 Å². The molecule has 18 heavy (non-hydrogen) atoms. The highest BCUT2D eigenvalue weighted by Crippen LogP contribution is 2.15. The van der Waals surface area contributed by atoms with Crippen molar-refractivity contribution in [2.45, 2.75) is 39.2 Å². The highest BCUT2D eigenvalue weighted by molar-refractivity contribution is 4.69. The summed E-state index contributed by atoms with van der Waals surface area (Å²) >= 11 is 0. The molecule has 108 valence electrons. The predicted octanol–water partition coefficient (Wildman–Crippen LogP) is 1.10. The molecule has 0 spiro atoms. The van der Waals surface area contributed by atoms with Crippen LogP contribution in [0.5, 0.6) is 0 Å². The molecule has 4 nitrogen and oxygen atoms in total. The molecule has 1 rings (SSSR count). The highest BCUT2D eigenvalue weighted by Gasteiger charge is 2.15. The second-order valence-electron chi connectivity index (χ2n) is 5.44. The van der Waals surface area contributed by atoms with Gasteiger partial charge in [0.15, 0.2) is 0 Å². The second kappa shape index (κ2) is 9.73. The summed E-state index contributed by atoms with van der Waals surface area (Å²) in [7, 11) is 0. The summed E-state index contributed by atoms with van der Waals surface area (Å²) in [5.74, 6) is 0.849. The zero-order chi connectivity index (χ0) is 13.2. The van der Waals surface area contributed by atoms with E-state index in [1.54, 1.807) is 0 Å². The number of likely N-dealkylation sites (tertiary alicyclic amines) is 1. The molecule has 0 saturated carbocycles. The molecule has 1 fully saturated rings. The lowest BCUT2D eigenvalue weighted by molar-refractivity contribution is 0.0322. The number of nitrogens with one attached hydrogen (secondary N) is 1. The normalized spacial score (nSPS) is 23.2. The maximum absolute atomic E-state index is 9.57. The third kappa shape index (κ3) is 7.31. The minimum absolute atomic E-state index is 0.375. The van der Waals surface area contributed by atoms with Crippen molar-refractivity contribution in [3.8, 4) is 0 Å². The Balaban J connectivity index is 1.91. The zero-order valence-electron chi connectivity index (χ0n) is 12.0. The molecule has 0 unspecified atom stereocenters. The van der Waals surface area contributed by atoms with Crippen LogP contribution in [0.4, 0.5) is 0 Å². The quantitative estimate of drug-likeness (QED) is 0.608. The summed E-state index contributed by atoms with van der Waals surface area (Å²) < 4.78 is 5.49. The molecule has 1 heterocycles. The van der Waals surface area contributed by atoms with Gasteiger partial charge in [0.1, 0.15) is 0 Å². The number of rotatable bonds is 9. The number of ether oxygens (including phenoxy) is 1. The van der Waals surface area contributed by atoms with E-state index >= 15 is 0 Å². The van der Waals surface area contributed by atoms with Crippen LogP contribution in [0, 0.1) is 5.92 Å². The SMILES string of the molecule is CCNC[C@@H](O)COCCCN1CCC[C@@H](C)C1. The smallest absolute Gasteiger partial charge is 0.0897 e. The Morgan fingerprint density at radius 1 is 1.50 bits per heavy atom. The van der Waals surface area contributed by atoms with Gasteiger partial charge in [-0.05, 0) is 38.3 Å². The average Bonchev–Trinajstić information content (AvgIpc) is 2.36. The molecule has 2 atom stereocenters. The maximum Gasteiger partial charge on any atom is 0.0897 e. The van der Waals surface area contributed by atoms with Gasteiger partial charge in [-0.2, -0.15) is 0 Å². The van der Waals surface area contributed by atoms with Crippen LogP contribution >= 0.6 is 0 Å². The lowest BCUT2D eigenvalue weighted by Crippen LogP contribution is -2.35. The van der Waals surface area contributed by atoms with E-state index in [1.807, 2.05) is 6.92 Å². The summed E-state index contributed by atoms with van der Waals surface area (Å²) in [5, 5.41) is 12.7. The second-order valence-corrected chi connectivity index (χ2v) is 5.44. The number of piperidine rings is 1. The fourth-order valence-corrected chi connectivity index (χ4v) is 2.47. The first-order chi connectivity index (χ1) is 8.72. The van der Waals surface area contributed by atoms with E-state index in [4.69, 9.17) is 4.74 Å². The molecule has 0 radical (unpaired) electrons. The number of hydrogen-bond acceptors (Lipinski definition) is 4. The van der Waals surface area contributed by atoms with Crippen LogP contribution in [-0.4, -0.2) is 62.0 Å². The number of nitrogens with zero attached hydrogens (tertiary/aromatic N) is 1. The standard InChI is InChI=1S/C14H30N2O2/c1-3-15-10-14(17)12-18-9-5-8-16-7-4-6-13(2)11-16/h13-15,17H,3-12H2,1-2H3/t13-,14-/m1/s1. The molecule has 0 aromatic heterocycles. The molecule has 1 saturated heterocycles. The Bertz CT molecular complexity index is 202. The molecule has 2 N–H and O–H groups in total. The Labute approximate surface area is 112 Å². The Hall–Kier alpha value is -0.160. The largest absolute Gasteiger partial charge is 0.389 e. The summed E-state index contributed by atoms with van der Waals surface area (Å²) in [6.45, 7) is 10.7. The number of hydrogen-bond donors (Lipinski definition) is 2. The molecule has 0 bridgehead atoms. The average molecular weight is 258 g/mol. The van der Waals surface area contributed by atoms with Gasteiger partial charge in [-0.3, -0.25) is 0 Å². The topological polar surface area (TPSA) is 44.7 Å². The van der Waals surface area contributed by atoms with Crippen molar-refractivity contribution in [2.75, 3.05) is 45.9 Å². The molecule has 0 aromatic carbocycles. The van der Waals surface area contributed by atoms with Crippen LogP contribution in [0.1, 0.15) is 33.1 Å². The van der Waals surface area contributed by atoms with Gasteiger partial charge in [-0.1, -0.05) is 13.8 Å². The summed E-state index contributed by atoms with van der Waals surface area (Å²) in [6, 6.07) is 0. The van der Waals surface area contributed by atoms with Gasteiger partial charge in [0.05, 0.1) is 12.7 Å². The minimum Gasteiger partial charge on any atom is -0.389 e. The zero-order valence-corrected chi connectivity index (χ0v) is 12.0. The van der Waals surface area contributed by atoms with E-state index in [-0.39, 0.29) is 6.10 Å². The maximum atomic E-state index is 9.57. The van der Waals surface area contributed by atoms with Crippen LogP contribution in [0.15, 0.2) is 0 Å². The number of aliphatic hydroxyl groups is 1. The van der Waals surface area contributed by atoms with Gasteiger partial charge in [0.2, 0.25) is 0 Å². The van der Waals surface area contributed by atoms with Crippen molar-refractivity contribution < 1.29 is 9.84 Å². The van der Waals surface area contributed by atoms with Crippen LogP contribution in [-0.2, 0) is 4.74 Å². The van der Waals surface area contributed by atoms with E-state index < -0.39 is 0 Å². The monoisotopic (exact) mass is 258 g/mol. The molecule has 0 aromatic rings. The van der Waals surface area contributed by atoms with E-state index in [2.05, 4.69) is 17.1 Å². The lowest BCUT2D eigenvalue weighted by atomic mass is 10.0. The van der Waals surface area contributed by atoms with Crippen molar-refractivity contribution in [3.05, 3.63) is 0 Å². The van der Waals surface area contributed by atoms with E-state index in [1.165, 1.54) is 25.9 Å². The first-order valence-corrected chi connectivity index (χ1v) is 7.41. The molecule has 0 aliphatic carbocycles. The molecule has 4 heteroatoms. The fourth-order valence-electron chi connectivity index (χ4n) is 2.47. The summed E-state index contributed by atoms with van der Waals surface area (Å²) in [5.41, 5.74) is 0.